The number of benzene rings is 1. The molecule has 6 heteroatoms. The van der Waals surface area contributed by atoms with Crippen LogP contribution in [0, 0.1) is 17.8 Å². The van der Waals surface area contributed by atoms with Crippen molar-refractivity contribution in [1.82, 2.24) is 15.5 Å². The van der Waals surface area contributed by atoms with Crippen LogP contribution in [0.2, 0.25) is 0 Å². The molecule has 1 aromatic rings. The van der Waals surface area contributed by atoms with Crippen LogP contribution in [0.25, 0.3) is 0 Å². The Hall–Kier alpha value is -2.33. The van der Waals surface area contributed by atoms with E-state index in [9.17, 15) is 14.4 Å². The molecule has 0 bridgehead atoms. The van der Waals surface area contributed by atoms with Crippen molar-refractivity contribution in [2.75, 3.05) is 27.7 Å². The molecule has 2 rings (SSSR count). The van der Waals surface area contributed by atoms with E-state index < -0.39 is 0 Å². The molecule has 0 heterocycles. The highest BCUT2D eigenvalue weighted by molar-refractivity contribution is 5.78. The summed E-state index contributed by atoms with van der Waals surface area (Å²) in [4.78, 5) is 35.6. The molecule has 1 aromatic carbocycles. The largest absolute Gasteiger partial charge is 0.323 e. The monoisotopic (exact) mass is 497 g/mol. The molecule has 1 fully saturated rings. The quantitative estimate of drug-likeness (QED) is 0.225. The van der Waals surface area contributed by atoms with E-state index in [1.807, 2.05) is 38.2 Å². The molecule has 0 amide bonds. The molecule has 0 aromatic heterocycles. The molecule has 0 radical (unpaired) electrons. The number of likely N-dealkylation sites (N-methyl/N-ethyl adjacent to an activating group) is 1. The van der Waals surface area contributed by atoms with E-state index in [1.165, 1.54) is 32.1 Å². The third-order valence-corrected chi connectivity index (χ3v) is 6.70. The molecule has 0 saturated heterocycles. The van der Waals surface area contributed by atoms with Gasteiger partial charge in [0.15, 0.2) is 0 Å². The Labute approximate surface area is 219 Å². The van der Waals surface area contributed by atoms with Gasteiger partial charge in [0.2, 0.25) is 0 Å². The Morgan fingerprint density at radius 2 is 1.81 bits per heavy atom. The van der Waals surface area contributed by atoms with Crippen LogP contribution in [0.5, 0.6) is 0 Å². The number of nitrogens with zero attached hydrogens (tertiary/aromatic N) is 1. The van der Waals surface area contributed by atoms with Gasteiger partial charge in [-0.3, -0.25) is 9.69 Å². The number of hydrogen-bond donors (Lipinski definition) is 2. The fourth-order valence-electron chi connectivity index (χ4n) is 4.45. The third kappa shape index (κ3) is 12.6. The van der Waals surface area contributed by atoms with Gasteiger partial charge in [0.25, 0.3) is 0 Å². The summed E-state index contributed by atoms with van der Waals surface area (Å²) in [6.45, 7) is 3.88. The van der Waals surface area contributed by atoms with E-state index in [0.29, 0.717) is 31.0 Å². The minimum Gasteiger partial charge on any atom is -0.323 e. The first-order valence-electron chi connectivity index (χ1n) is 13.5. The summed E-state index contributed by atoms with van der Waals surface area (Å²) in [6, 6.07) is 5.90. The second-order valence-electron chi connectivity index (χ2n) is 9.88. The number of carbonyl (C=O) groups is 3. The molecular weight excluding hydrogens is 450 g/mol. The number of nitrogens with one attached hydrogen (secondary N) is 2. The second-order valence-corrected chi connectivity index (χ2v) is 9.88. The zero-order valence-electron chi connectivity index (χ0n) is 22.9. The van der Waals surface area contributed by atoms with Crippen molar-refractivity contribution in [3.63, 3.8) is 0 Å². The van der Waals surface area contributed by atoms with Gasteiger partial charge in [0.1, 0.15) is 18.9 Å². The maximum absolute atomic E-state index is 11.6. The first kappa shape index (κ1) is 31.7. The molecule has 200 valence electrons. The van der Waals surface area contributed by atoms with E-state index in [4.69, 9.17) is 0 Å². The maximum Gasteiger partial charge on any atom is 0.150 e. The second kappa shape index (κ2) is 19.8. The molecule has 1 unspecified atom stereocenters. The van der Waals surface area contributed by atoms with Gasteiger partial charge in [-0.15, -0.1) is 0 Å². The van der Waals surface area contributed by atoms with Crippen LogP contribution in [-0.4, -0.2) is 63.5 Å². The number of unbranched alkanes of at least 4 members (excludes halogenated alkanes) is 3. The Balaban J connectivity index is 0.00000205. The van der Waals surface area contributed by atoms with Gasteiger partial charge in [-0.25, -0.2) is 0 Å². The van der Waals surface area contributed by atoms with Crippen molar-refractivity contribution < 1.29 is 14.4 Å². The number of rotatable bonds is 14. The molecule has 1 atom stereocenters. The van der Waals surface area contributed by atoms with E-state index in [1.54, 1.807) is 6.07 Å². The van der Waals surface area contributed by atoms with Gasteiger partial charge < -0.3 is 20.2 Å². The van der Waals surface area contributed by atoms with Crippen molar-refractivity contribution in [3.05, 3.63) is 34.9 Å². The number of carbonyl (C=O) groups excluding carboxylic acids is 3. The summed E-state index contributed by atoms with van der Waals surface area (Å²) in [6.07, 6.45) is 12.9. The van der Waals surface area contributed by atoms with E-state index in [2.05, 4.69) is 29.4 Å². The Morgan fingerprint density at radius 1 is 1.08 bits per heavy atom. The van der Waals surface area contributed by atoms with E-state index in [-0.39, 0.29) is 6.04 Å². The number of aldehydes is 3. The normalized spacial score (nSPS) is 17.8. The average molecular weight is 498 g/mol. The summed E-state index contributed by atoms with van der Waals surface area (Å²) in [5.74, 6) is 7.41. The lowest BCUT2D eigenvalue weighted by molar-refractivity contribution is -0.113. The summed E-state index contributed by atoms with van der Waals surface area (Å²) < 4.78 is 0. The Kier molecular flexibility index (Phi) is 17.4. The minimum atomic E-state index is -0.360. The van der Waals surface area contributed by atoms with Crippen molar-refractivity contribution in [2.24, 2.45) is 5.92 Å². The van der Waals surface area contributed by atoms with Gasteiger partial charge >= 0.3 is 0 Å². The van der Waals surface area contributed by atoms with Crippen LogP contribution >= 0.6 is 0 Å². The highest BCUT2D eigenvalue weighted by Gasteiger charge is 2.18. The predicted molar refractivity (Wildman–Crippen MR) is 148 cm³/mol. The standard InChI is InChI=1S/C28H40N2O3.C2H7N/c1-23-14-16-26(17-15-23)29-18-7-5-3-4-6-10-24-11-8-12-25(21-32)28(24)20-30(2)27(22-33)13-9-19-31;1-3-2/h8,11-12,19,21-23,26-27,29H,3-5,7,9,13-18,20H2,1-2H3;3H,1-2H3. The molecule has 36 heavy (non-hydrogen) atoms. The van der Waals surface area contributed by atoms with Crippen LogP contribution in [0.1, 0.15) is 92.6 Å². The van der Waals surface area contributed by atoms with Crippen molar-refractivity contribution in [3.8, 4) is 11.8 Å². The Bertz CT molecular complexity index is 822. The molecule has 1 aliphatic carbocycles. The molecule has 2 N–H and O–H groups in total. The summed E-state index contributed by atoms with van der Waals surface area (Å²) in [5.41, 5.74) is 2.27. The summed E-state index contributed by atoms with van der Waals surface area (Å²) in [5, 5.41) is 6.46. The minimum absolute atomic E-state index is 0.338. The highest BCUT2D eigenvalue weighted by Crippen LogP contribution is 2.23. The Morgan fingerprint density at radius 3 is 2.44 bits per heavy atom. The molecule has 1 aliphatic rings. The van der Waals surface area contributed by atoms with Crippen LogP contribution in [-0.2, 0) is 16.1 Å². The van der Waals surface area contributed by atoms with Crippen LogP contribution in [0.15, 0.2) is 18.2 Å². The summed E-state index contributed by atoms with van der Waals surface area (Å²) >= 11 is 0. The van der Waals surface area contributed by atoms with Gasteiger partial charge in [0, 0.05) is 36.6 Å². The topological polar surface area (TPSA) is 78.5 Å². The molecule has 6 nitrogen and oxygen atoms in total. The highest BCUT2D eigenvalue weighted by atomic mass is 16.1. The van der Waals surface area contributed by atoms with Crippen LogP contribution in [0.3, 0.4) is 0 Å². The number of hydrogen-bond acceptors (Lipinski definition) is 6. The third-order valence-electron chi connectivity index (χ3n) is 6.70. The van der Waals surface area contributed by atoms with Gasteiger partial charge in [-0.1, -0.05) is 37.3 Å². The maximum atomic E-state index is 11.6. The van der Waals surface area contributed by atoms with Gasteiger partial charge in [-0.05, 0) is 90.2 Å². The molecule has 0 aliphatic heterocycles. The fraction of sp³-hybridized carbons (Fsp3) is 0.633. The lowest BCUT2D eigenvalue weighted by Crippen LogP contribution is -2.33. The SMILES string of the molecule is CC1CCC(NCCCCCC#Cc2cccc(C=O)c2CN(C)C(C=O)CCC=O)CC1.CNC. The van der Waals surface area contributed by atoms with Crippen molar-refractivity contribution >= 4 is 18.9 Å². The van der Waals surface area contributed by atoms with Crippen molar-refractivity contribution in [1.29, 1.82) is 0 Å². The first-order chi connectivity index (χ1) is 17.5. The lowest BCUT2D eigenvalue weighted by Gasteiger charge is -2.27. The predicted octanol–water partition coefficient (Wildman–Crippen LogP) is 4.39. The fourth-order valence-corrected chi connectivity index (χ4v) is 4.45. The molecule has 1 saturated carbocycles. The summed E-state index contributed by atoms with van der Waals surface area (Å²) in [7, 11) is 5.59. The van der Waals surface area contributed by atoms with E-state index >= 15 is 0 Å². The van der Waals surface area contributed by atoms with Gasteiger partial charge in [0.05, 0.1) is 6.04 Å². The first-order valence-corrected chi connectivity index (χ1v) is 13.5. The zero-order chi connectivity index (χ0) is 26.6. The average Bonchev–Trinajstić information content (AvgIpc) is 2.88. The van der Waals surface area contributed by atoms with Gasteiger partial charge in [-0.2, -0.15) is 0 Å². The van der Waals surface area contributed by atoms with Crippen LogP contribution < -0.4 is 10.6 Å². The zero-order valence-corrected chi connectivity index (χ0v) is 22.9. The van der Waals surface area contributed by atoms with Crippen LogP contribution in [0.4, 0.5) is 0 Å². The van der Waals surface area contributed by atoms with Crippen molar-refractivity contribution in [2.45, 2.75) is 89.8 Å². The van der Waals surface area contributed by atoms with E-state index in [0.717, 1.165) is 61.7 Å². The molecular formula is C30H47N3O3. The lowest BCUT2D eigenvalue weighted by atomic mass is 9.87. The smallest absolute Gasteiger partial charge is 0.150 e. The molecule has 0 spiro atoms.